The van der Waals surface area contributed by atoms with Crippen molar-refractivity contribution in [3.63, 3.8) is 0 Å². The van der Waals surface area contributed by atoms with Crippen LogP contribution in [-0.2, 0) is 23.7 Å². The van der Waals surface area contributed by atoms with Crippen LogP contribution in [0.4, 0.5) is 0 Å². The number of unbranched alkanes of at least 4 members (excludes halogenated alkanes) is 6. The molecule has 0 aromatic heterocycles. The van der Waals surface area contributed by atoms with Gasteiger partial charge in [0.2, 0.25) is 0 Å². The van der Waals surface area contributed by atoms with Gasteiger partial charge in [-0.3, -0.25) is 0 Å². The summed E-state index contributed by atoms with van der Waals surface area (Å²) in [6, 6.07) is 9.31. The molecule has 0 amide bonds. The van der Waals surface area contributed by atoms with E-state index in [0.29, 0.717) is 45.2 Å². The lowest BCUT2D eigenvalue weighted by molar-refractivity contribution is -0.216. The third kappa shape index (κ3) is 14.8. The van der Waals surface area contributed by atoms with Gasteiger partial charge in [0.1, 0.15) is 12.4 Å². The summed E-state index contributed by atoms with van der Waals surface area (Å²) in [6.07, 6.45) is 9.64. The number of carbonyl (C=O) groups is 1. The number of esters is 1. The van der Waals surface area contributed by atoms with Crippen LogP contribution in [0.5, 0.6) is 5.75 Å². The number of aliphatic hydroxyl groups is 1. The van der Waals surface area contributed by atoms with Crippen molar-refractivity contribution < 1.29 is 33.6 Å². The van der Waals surface area contributed by atoms with Gasteiger partial charge in [-0.2, -0.15) is 0 Å². The molecule has 0 heterocycles. The molecule has 0 spiro atoms. The molecule has 0 saturated carbocycles. The molecule has 7 heteroatoms. The van der Waals surface area contributed by atoms with Gasteiger partial charge in [0, 0.05) is 12.5 Å². The lowest BCUT2D eigenvalue weighted by Gasteiger charge is -2.33. The quantitative estimate of drug-likeness (QED) is 0.115. The summed E-state index contributed by atoms with van der Waals surface area (Å²) >= 11 is 0. The van der Waals surface area contributed by atoms with Gasteiger partial charge in [-0.05, 0) is 18.6 Å². The fourth-order valence-corrected chi connectivity index (χ4v) is 3.27. The molecule has 0 bridgehead atoms. The Kier molecular flexibility index (Phi) is 17.2. The minimum absolute atomic E-state index is 0.00518. The molecule has 1 unspecified atom stereocenters. The topological polar surface area (TPSA) is 83.5 Å². The van der Waals surface area contributed by atoms with Crippen LogP contribution in [0.15, 0.2) is 43.0 Å². The zero-order valence-corrected chi connectivity index (χ0v) is 20.2. The first-order valence-electron chi connectivity index (χ1n) is 12.1. The van der Waals surface area contributed by atoms with Gasteiger partial charge >= 0.3 is 5.97 Å². The van der Waals surface area contributed by atoms with Gasteiger partial charge in [0.25, 0.3) is 5.79 Å². The molecule has 1 aromatic rings. The molecule has 0 fully saturated rings. The first kappa shape index (κ1) is 29.1. The number of hydrogen-bond donors (Lipinski definition) is 1. The van der Waals surface area contributed by atoms with Crippen LogP contribution in [0.1, 0.15) is 58.3 Å². The third-order valence-corrected chi connectivity index (χ3v) is 4.96. The fourth-order valence-electron chi connectivity index (χ4n) is 3.27. The predicted octanol–water partition coefficient (Wildman–Crippen LogP) is 4.67. The van der Waals surface area contributed by atoms with Crippen LogP contribution >= 0.6 is 0 Å². The average molecular weight is 467 g/mol. The van der Waals surface area contributed by atoms with E-state index in [1.807, 2.05) is 30.3 Å². The Morgan fingerprint density at radius 2 is 1.52 bits per heavy atom. The molecule has 0 aliphatic carbocycles. The maximum Gasteiger partial charge on any atom is 0.333 e. The molecular weight excluding hydrogens is 424 g/mol. The zero-order chi connectivity index (χ0) is 24.0. The summed E-state index contributed by atoms with van der Waals surface area (Å²) < 4.78 is 28.3. The highest BCUT2D eigenvalue weighted by Gasteiger charge is 2.36. The van der Waals surface area contributed by atoms with Gasteiger partial charge in [0.05, 0.1) is 39.6 Å². The second-order valence-corrected chi connectivity index (χ2v) is 7.82. The van der Waals surface area contributed by atoms with E-state index in [2.05, 4.69) is 13.5 Å². The second kappa shape index (κ2) is 19.5. The number of aliphatic hydroxyl groups excluding tert-OH is 1. The summed E-state index contributed by atoms with van der Waals surface area (Å²) in [5.74, 6) is -1.17. The predicted molar refractivity (Wildman–Crippen MR) is 128 cm³/mol. The standard InChI is InChI=1S/C26H42O7/c1-3-5-6-7-8-9-13-16-26(33-25(28)4-2,32-24-14-11-10-12-15-24)23-31-22-21-30-20-19-29-18-17-27/h4,10-12,14-15,27H,2-3,5-9,13,16-23H2,1H3. The second-order valence-electron chi connectivity index (χ2n) is 7.82. The van der Waals surface area contributed by atoms with Crippen LogP contribution < -0.4 is 4.74 Å². The van der Waals surface area contributed by atoms with E-state index < -0.39 is 11.8 Å². The molecule has 1 rings (SSSR count). The summed E-state index contributed by atoms with van der Waals surface area (Å²) in [4.78, 5) is 12.2. The van der Waals surface area contributed by atoms with Crippen molar-refractivity contribution in [1.82, 2.24) is 0 Å². The van der Waals surface area contributed by atoms with Gasteiger partial charge in [-0.15, -0.1) is 0 Å². The van der Waals surface area contributed by atoms with E-state index in [-0.39, 0.29) is 13.2 Å². The van der Waals surface area contributed by atoms with E-state index in [0.717, 1.165) is 25.3 Å². The normalized spacial score (nSPS) is 12.8. The van der Waals surface area contributed by atoms with Gasteiger partial charge in [0.15, 0.2) is 0 Å². The molecule has 33 heavy (non-hydrogen) atoms. The first-order valence-corrected chi connectivity index (χ1v) is 12.1. The van der Waals surface area contributed by atoms with Gasteiger partial charge < -0.3 is 28.8 Å². The van der Waals surface area contributed by atoms with Crippen LogP contribution in [0.2, 0.25) is 0 Å². The van der Waals surface area contributed by atoms with Gasteiger partial charge in [-0.1, -0.05) is 70.2 Å². The van der Waals surface area contributed by atoms with Crippen LogP contribution in [0, 0.1) is 0 Å². The summed E-state index contributed by atoms with van der Waals surface area (Å²) in [7, 11) is 0. The van der Waals surface area contributed by atoms with Crippen molar-refractivity contribution in [3.8, 4) is 5.75 Å². The number of ether oxygens (including phenoxy) is 5. The molecule has 0 saturated heterocycles. The third-order valence-electron chi connectivity index (χ3n) is 4.96. The van der Waals surface area contributed by atoms with Crippen LogP contribution in [0.25, 0.3) is 0 Å². The van der Waals surface area contributed by atoms with Gasteiger partial charge in [-0.25, -0.2) is 4.79 Å². The first-order chi connectivity index (χ1) is 16.2. The SMILES string of the molecule is C=CC(=O)OC(CCCCCCCCC)(COCCOCCOCCO)Oc1ccccc1. The minimum Gasteiger partial charge on any atom is -0.450 e. The Morgan fingerprint density at radius 1 is 0.909 bits per heavy atom. The van der Waals surface area contributed by atoms with E-state index in [1.54, 1.807) is 0 Å². The van der Waals surface area contributed by atoms with Crippen molar-refractivity contribution in [3.05, 3.63) is 43.0 Å². The maximum absolute atomic E-state index is 12.2. The average Bonchev–Trinajstić information content (AvgIpc) is 2.83. The Balaban J connectivity index is 2.63. The largest absolute Gasteiger partial charge is 0.450 e. The molecular formula is C26H42O7. The monoisotopic (exact) mass is 466 g/mol. The van der Waals surface area contributed by atoms with E-state index in [9.17, 15) is 4.79 Å². The lowest BCUT2D eigenvalue weighted by atomic mass is 10.0. The highest BCUT2D eigenvalue weighted by Crippen LogP contribution is 2.27. The Bertz CT molecular complexity index is 608. The molecule has 0 aliphatic heterocycles. The van der Waals surface area contributed by atoms with Crippen molar-refractivity contribution in [2.75, 3.05) is 46.2 Å². The molecule has 0 radical (unpaired) electrons. The van der Waals surface area contributed by atoms with Crippen molar-refractivity contribution in [2.24, 2.45) is 0 Å². The molecule has 1 aromatic carbocycles. The van der Waals surface area contributed by atoms with E-state index in [1.165, 1.54) is 25.7 Å². The number of benzene rings is 1. The molecule has 1 N–H and O–H groups in total. The maximum atomic E-state index is 12.2. The molecule has 7 nitrogen and oxygen atoms in total. The van der Waals surface area contributed by atoms with Crippen molar-refractivity contribution in [1.29, 1.82) is 0 Å². The Morgan fingerprint density at radius 3 is 2.15 bits per heavy atom. The summed E-state index contributed by atoms with van der Waals surface area (Å²) in [5.41, 5.74) is 0. The number of para-hydroxylation sites is 1. The fraction of sp³-hybridized carbons (Fsp3) is 0.654. The summed E-state index contributed by atoms with van der Waals surface area (Å²) in [5, 5.41) is 8.69. The smallest absolute Gasteiger partial charge is 0.333 e. The van der Waals surface area contributed by atoms with E-state index in [4.69, 9.17) is 28.8 Å². The molecule has 1 atom stereocenters. The van der Waals surface area contributed by atoms with Crippen LogP contribution in [-0.4, -0.2) is 63.1 Å². The Labute approximate surface area is 199 Å². The van der Waals surface area contributed by atoms with Crippen molar-refractivity contribution >= 4 is 5.97 Å². The summed E-state index contributed by atoms with van der Waals surface area (Å²) in [6.45, 7) is 7.63. The zero-order valence-electron chi connectivity index (χ0n) is 20.2. The molecule has 0 aliphatic rings. The number of hydrogen-bond acceptors (Lipinski definition) is 7. The lowest BCUT2D eigenvalue weighted by Crippen LogP contribution is -2.45. The number of carbonyl (C=O) groups excluding carboxylic acids is 1. The minimum atomic E-state index is -1.24. The van der Waals surface area contributed by atoms with Crippen molar-refractivity contribution in [2.45, 2.75) is 64.1 Å². The highest BCUT2D eigenvalue weighted by molar-refractivity contribution is 5.81. The number of rotatable bonds is 22. The Hall–Kier alpha value is -1.93. The van der Waals surface area contributed by atoms with E-state index >= 15 is 0 Å². The van der Waals surface area contributed by atoms with Crippen LogP contribution in [0.3, 0.4) is 0 Å². The highest BCUT2D eigenvalue weighted by atomic mass is 16.7. The molecule has 188 valence electrons.